The first-order valence-electron chi connectivity index (χ1n) is 7.79. The first kappa shape index (κ1) is 16.5. The van der Waals surface area contributed by atoms with Crippen LogP contribution in [-0.2, 0) is 6.18 Å². The van der Waals surface area contributed by atoms with Gasteiger partial charge in [-0.15, -0.1) is 0 Å². The van der Waals surface area contributed by atoms with Crippen molar-refractivity contribution in [1.82, 2.24) is 9.88 Å². The fourth-order valence-corrected chi connectivity index (χ4v) is 2.71. The molecule has 1 saturated heterocycles. The predicted molar refractivity (Wildman–Crippen MR) is 82.1 cm³/mol. The molecule has 0 atom stereocenters. The first-order chi connectivity index (χ1) is 12.4. The average Bonchev–Trinajstić information content (AvgIpc) is 3.04. The molecule has 26 heavy (non-hydrogen) atoms. The molecule has 9 heteroatoms. The summed E-state index contributed by atoms with van der Waals surface area (Å²) in [6.45, 7) is 0.660. The number of fused-ring (bicyclic) bond motifs is 1. The van der Waals surface area contributed by atoms with Crippen LogP contribution >= 0.6 is 0 Å². The van der Waals surface area contributed by atoms with Gasteiger partial charge in [0.25, 0.3) is 5.91 Å². The van der Waals surface area contributed by atoms with Crippen molar-refractivity contribution in [2.75, 3.05) is 19.9 Å². The maximum Gasteiger partial charge on any atom is 0.416 e. The minimum atomic E-state index is -4.46. The van der Waals surface area contributed by atoms with Crippen LogP contribution in [0.15, 0.2) is 36.5 Å². The van der Waals surface area contributed by atoms with Crippen molar-refractivity contribution in [3.8, 4) is 17.4 Å². The number of ether oxygens (including phenoxy) is 3. The lowest BCUT2D eigenvalue weighted by Gasteiger charge is -2.38. The summed E-state index contributed by atoms with van der Waals surface area (Å²) in [6.07, 6.45) is -3.81. The molecule has 0 unspecified atom stereocenters. The molecule has 1 amide bonds. The van der Waals surface area contributed by atoms with Crippen LogP contribution in [0.25, 0.3) is 0 Å². The Labute approximate surface area is 146 Å². The van der Waals surface area contributed by atoms with Crippen LogP contribution in [-0.4, -0.2) is 41.8 Å². The van der Waals surface area contributed by atoms with E-state index in [1.165, 1.54) is 4.90 Å². The molecule has 2 aromatic rings. The zero-order valence-corrected chi connectivity index (χ0v) is 13.3. The lowest BCUT2D eigenvalue weighted by Crippen LogP contribution is -2.56. The van der Waals surface area contributed by atoms with Gasteiger partial charge in [-0.05, 0) is 24.3 Å². The zero-order valence-electron chi connectivity index (χ0n) is 13.3. The van der Waals surface area contributed by atoms with Crippen molar-refractivity contribution in [3.05, 3.63) is 47.7 Å². The molecule has 2 aliphatic heterocycles. The summed E-state index contributed by atoms with van der Waals surface area (Å²) < 4.78 is 54.0. The monoisotopic (exact) mass is 366 g/mol. The highest BCUT2D eigenvalue weighted by molar-refractivity contribution is 5.95. The summed E-state index contributed by atoms with van der Waals surface area (Å²) in [7, 11) is 0. The summed E-state index contributed by atoms with van der Waals surface area (Å²) in [6, 6.07) is 6.63. The third-order valence-electron chi connectivity index (χ3n) is 4.10. The number of nitrogens with zero attached hydrogens (tertiary/aromatic N) is 2. The Morgan fingerprint density at radius 1 is 1.15 bits per heavy atom. The maximum atomic E-state index is 12.7. The molecule has 1 aromatic carbocycles. The summed E-state index contributed by atoms with van der Waals surface area (Å²) in [5.41, 5.74) is -0.375. The van der Waals surface area contributed by atoms with Crippen molar-refractivity contribution in [1.29, 1.82) is 0 Å². The van der Waals surface area contributed by atoms with Crippen molar-refractivity contribution >= 4 is 5.91 Å². The fraction of sp³-hybridized carbons (Fsp3) is 0.294. The van der Waals surface area contributed by atoms with E-state index in [1.807, 2.05) is 0 Å². The Balaban J connectivity index is 1.36. The normalized spacial score (nSPS) is 16.3. The molecule has 6 nitrogen and oxygen atoms in total. The van der Waals surface area contributed by atoms with Crippen molar-refractivity contribution < 1.29 is 32.2 Å². The number of carbonyl (C=O) groups is 1. The fourth-order valence-electron chi connectivity index (χ4n) is 2.71. The molecule has 0 bridgehead atoms. The van der Waals surface area contributed by atoms with E-state index >= 15 is 0 Å². The molecule has 0 saturated carbocycles. The van der Waals surface area contributed by atoms with Gasteiger partial charge in [-0.25, -0.2) is 4.98 Å². The number of hydrogen-bond donors (Lipinski definition) is 0. The minimum absolute atomic E-state index is 0.111. The SMILES string of the molecule is O=C(c1ccc2c(c1)OCO2)N1CC(Oc2cc(C(F)(F)F)ccn2)C1. The standard InChI is InChI=1S/C17H13F3N2O4/c18-17(19,20)11-3-4-21-15(6-11)26-12-7-22(8-12)16(23)10-1-2-13-14(5-10)25-9-24-13/h1-6,12H,7-9H2. The van der Waals surface area contributed by atoms with Crippen LogP contribution in [0.2, 0.25) is 0 Å². The molecule has 4 rings (SSSR count). The van der Waals surface area contributed by atoms with Gasteiger partial charge in [-0.1, -0.05) is 0 Å². The quantitative estimate of drug-likeness (QED) is 0.836. The van der Waals surface area contributed by atoms with Crippen LogP contribution < -0.4 is 14.2 Å². The van der Waals surface area contributed by atoms with E-state index in [1.54, 1.807) is 18.2 Å². The van der Waals surface area contributed by atoms with E-state index in [2.05, 4.69) is 4.98 Å². The van der Waals surface area contributed by atoms with Crippen molar-refractivity contribution in [2.24, 2.45) is 0 Å². The molecule has 3 heterocycles. The summed E-state index contributed by atoms with van der Waals surface area (Å²) in [4.78, 5) is 17.7. The second-order valence-electron chi connectivity index (χ2n) is 5.90. The van der Waals surface area contributed by atoms with Crippen LogP contribution in [0.4, 0.5) is 13.2 Å². The Kier molecular flexibility index (Phi) is 3.86. The van der Waals surface area contributed by atoms with Gasteiger partial charge in [0, 0.05) is 17.8 Å². The number of alkyl halides is 3. The number of halogens is 3. The summed E-state index contributed by atoms with van der Waals surface area (Å²) >= 11 is 0. The number of amides is 1. The lowest BCUT2D eigenvalue weighted by molar-refractivity contribution is -0.137. The number of aromatic nitrogens is 1. The third kappa shape index (κ3) is 3.12. The number of likely N-dealkylation sites (tertiary alicyclic amines) is 1. The molecule has 0 aliphatic carbocycles. The lowest BCUT2D eigenvalue weighted by atomic mass is 10.1. The highest BCUT2D eigenvalue weighted by atomic mass is 19.4. The van der Waals surface area contributed by atoms with Gasteiger partial charge in [0.15, 0.2) is 11.5 Å². The van der Waals surface area contributed by atoms with Gasteiger partial charge in [0.1, 0.15) is 6.10 Å². The first-order valence-corrected chi connectivity index (χ1v) is 7.79. The highest BCUT2D eigenvalue weighted by Crippen LogP contribution is 2.34. The van der Waals surface area contributed by atoms with E-state index in [0.717, 1.165) is 18.3 Å². The molecule has 0 radical (unpaired) electrons. The van der Waals surface area contributed by atoms with Gasteiger partial charge in [0.2, 0.25) is 12.7 Å². The second-order valence-corrected chi connectivity index (χ2v) is 5.90. The van der Waals surface area contributed by atoms with Crippen LogP contribution in [0.5, 0.6) is 17.4 Å². The third-order valence-corrected chi connectivity index (χ3v) is 4.10. The van der Waals surface area contributed by atoms with Crippen LogP contribution in [0.1, 0.15) is 15.9 Å². The average molecular weight is 366 g/mol. The van der Waals surface area contributed by atoms with E-state index in [9.17, 15) is 18.0 Å². The summed E-state index contributed by atoms with van der Waals surface area (Å²) in [5, 5.41) is 0. The van der Waals surface area contributed by atoms with E-state index in [-0.39, 0.29) is 31.7 Å². The van der Waals surface area contributed by atoms with Crippen molar-refractivity contribution in [2.45, 2.75) is 12.3 Å². The van der Waals surface area contributed by atoms with Crippen molar-refractivity contribution in [3.63, 3.8) is 0 Å². The summed E-state index contributed by atoms with van der Waals surface area (Å²) in [5.74, 6) is 0.777. The van der Waals surface area contributed by atoms with E-state index in [0.29, 0.717) is 17.1 Å². The van der Waals surface area contributed by atoms with Gasteiger partial charge in [-0.2, -0.15) is 13.2 Å². The second kappa shape index (κ2) is 6.08. The van der Waals surface area contributed by atoms with Gasteiger partial charge in [-0.3, -0.25) is 4.79 Å². The molecular weight excluding hydrogens is 353 g/mol. The molecule has 0 N–H and O–H groups in total. The number of carbonyl (C=O) groups excluding carboxylic acids is 1. The molecule has 1 aromatic heterocycles. The number of hydrogen-bond acceptors (Lipinski definition) is 5. The molecular formula is C17H13F3N2O4. The van der Waals surface area contributed by atoms with Gasteiger partial charge >= 0.3 is 6.18 Å². The Hall–Kier alpha value is -2.97. The molecule has 136 valence electrons. The Morgan fingerprint density at radius 3 is 2.69 bits per heavy atom. The van der Waals surface area contributed by atoms with Crippen LogP contribution in [0, 0.1) is 0 Å². The number of benzene rings is 1. The highest BCUT2D eigenvalue weighted by Gasteiger charge is 2.35. The van der Waals surface area contributed by atoms with E-state index in [4.69, 9.17) is 14.2 Å². The number of pyridine rings is 1. The van der Waals surface area contributed by atoms with Gasteiger partial charge in [0.05, 0.1) is 18.7 Å². The van der Waals surface area contributed by atoms with Gasteiger partial charge < -0.3 is 19.1 Å². The smallest absolute Gasteiger partial charge is 0.416 e. The minimum Gasteiger partial charge on any atom is -0.471 e. The van der Waals surface area contributed by atoms with E-state index < -0.39 is 17.8 Å². The topological polar surface area (TPSA) is 60.9 Å². The molecule has 0 spiro atoms. The maximum absolute atomic E-state index is 12.7. The largest absolute Gasteiger partial charge is 0.471 e. The Morgan fingerprint density at radius 2 is 1.92 bits per heavy atom. The number of rotatable bonds is 3. The van der Waals surface area contributed by atoms with Crippen LogP contribution in [0.3, 0.4) is 0 Å². The zero-order chi connectivity index (χ0) is 18.3. The Bertz CT molecular complexity index is 850. The molecule has 1 fully saturated rings. The molecule has 2 aliphatic rings. The predicted octanol–water partition coefficient (Wildman–Crippen LogP) is 2.73.